The molecule has 0 atom stereocenters. The molecule has 0 aliphatic carbocycles. The van der Waals surface area contributed by atoms with E-state index in [2.05, 4.69) is 0 Å². The normalized spacial score (nSPS) is 11.9. The Hall–Kier alpha value is -0.480. The fourth-order valence-electron chi connectivity index (χ4n) is 1.06. The van der Waals surface area contributed by atoms with Crippen LogP contribution in [0.25, 0.3) is 0 Å². The van der Waals surface area contributed by atoms with Crippen molar-refractivity contribution in [1.29, 1.82) is 0 Å². The molecule has 0 aliphatic heterocycles. The molecule has 1 heterocycles. The van der Waals surface area contributed by atoms with Crippen molar-refractivity contribution < 1.29 is 8.42 Å². The summed E-state index contributed by atoms with van der Waals surface area (Å²) in [6.45, 7) is 1.96. The predicted octanol–water partition coefficient (Wildman–Crippen LogP) is 1.52. The van der Waals surface area contributed by atoms with Gasteiger partial charge in [0.15, 0.2) is 0 Å². The fourth-order valence-corrected chi connectivity index (χ4v) is 1.88. The lowest BCUT2D eigenvalue weighted by atomic mass is 10.3. The van der Waals surface area contributed by atoms with Crippen LogP contribution in [0, 0.1) is 0 Å². The van der Waals surface area contributed by atoms with Crippen LogP contribution in [-0.4, -0.2) is 13.0 Å². The summed E-state index contributed by atoms with van der Waals surface area (Å²) in [7, 11) is 3.39. The quantitative estimate of drug-likeness (QED) is 0.690. The summed E-state index contributed by atoms with van der Waals surface area (Å²) in [5.74, 6) is 0. The molecule has 1 aromatic heterocycles. The number of aryl methyl sites for hydroxylation is 2. The maximum Gasteiger partial charge on any atom is 0.262 e. The van der Waals surface area contributed by atoms with Crippen LogP contribution < -0.4 is 0 Å². The van der Waals surface area contributed by atoms with Crippen molar-refractivity contribution >= 4 is 19.7 Å². The molecule has 0 saturated heterocycles. The maximum absolute atomic E-state index is 10.9. The van der Waals surface area contributed by atoms with Crippen LogP contribution in [0.3, 0.4) is 0 Å². The molecule has 0 radical (unpaired) electrons. The van der Waals surface area contributed by atoms with Crippen LogP contribution >= 0.6 is 10.7 Å². The minimum Gasteiger partial charge on any atom is -0.353 e. The first-order chi connectivity index (χ1) is 5.45. The highest BCUT2D eigenvalue weighted by Gasteiger charge is 2.12. The molecule has 1 rings (SSSR count). The lowest BCUT2D eigenvalue weighted by molar-refractivity contribution is 0.609. The van der Waals surface area contributed by atoms with Gasteiger partial charge in [0.05, 0.1) is 0 Å². The summed E-state index contributed by atoms with van der Waals surface area (Å²) >= 11 is 0. The second-order valence-electron chi connectivity index (χ2n) is 2.57. The highest BCUT2D eigenvalue weighted by atomic mass is 35.7. The van der Waals surface area contributed by atoms with E-state index >= 15 is 0 Å². The van der Waals surface area contributed by atoms with Crippen LogP contribution in [0.2, 0.25) is 0 Å². The zero-order valence-corrected chi connectivity index (χ0v) is 8.48. The van der Waals surface area contributed by atoms with Gasteiger partial charge >= 0.3 is 0 Å². The Labute approximate surface area is 76.4 Å². The Morgan fingerprint density at radius 3 is 2.42 bits per heavy atom. The van der Waals surface area contributed by atoms with E-state index < -0.39 is 9.05 Å². The molecule has 0 amide bonds. The van der Waals surface area contributed by atoms with Crippen molar-refractivity contribution in [2.75, 3.05) is 0 Å². The van der Waals surface area contributed by atoms with E-state index in [-0.39, 0.29) is 4.90 Å². The van der Waals surface area contributed by atoms with Gasteiger partial charge in [-0.05, 0) is 12.5 Å². The summed E-state index contributed by atoms with van der Waals surface area (Å²) in [5.41, 5.74) is 0.953. The van der Waals surface area contributed by atoms with E-state index in [0.717, 1.165) is 12.1 Å². The zero-order chi connectivity index (χ0) is 9.35. The maximum atomic E-state index is 10.9. The topological polar surface area (TPSA) is 39.1 Å². The Kier molecular flexibility index (Phi) is 2.49. The van der Waals surface area contributed by atoms with Gasteiger partial charge in [0.1, 0.15) is 4.90 Å². The first-order valence-corrected chi connectivity index (χ1v) is 5.86. The van der Waals surface area contributed by atoms with Gasteiger partial charge in [0, 0.05) is 29.6 Å². The number of aromatic nitrogens is 1. The molecule has 68 valence electrons. The van der Waals surface area contributed by atoms with E-state index in [0.29, 0.717) is 0 Å². The number of halogens is 1. The number of hydrogen-bond donors (Lipinski definition) is 0. The molecule has 0 N–H and O–H groups in total. The molecule has 1 aromatic rings. The van der Waals surface area contributed by atoms with Crippen molar-refractivity contribution in [3.63, 3.8) is 0 Å². The molecule has 0 bridgehead atoms. The second-order valence-corrected chi connectivity index (χ2v) is 5.14. The third kappa shape index (κ3) is 1.81. The molecule has 0 unspecified atom stereocenters. The fraction of sp³-hybridized carbons (Fsp3) is 0.429. The van der Waals surface area contributed by atoms with E-state index in [9.17, 15) is 8.42 Å². The summed E-state index contributed by atoms with van der Waals surface area (Å²) < 4.78 is 23.5. The van der Waals surface area contributed by atoms with E-state index in [4.69, 9.17) is 10.7 Å². The smallest absolute Gasteiger partial charge is 0.262 e. The Balaban J connectivity index is 3.23. The number of hydrogen-bond acceptors (Lipinski definition) is 2. The largest absolute Gasteiger partial charge is 0.353 e. The number of nitrogens with zero attached hydrogens (tertiary/aromatic N) is 1. The van der Waals surface area contributed by atoms with Crippen LogP contribution in [0.1, 0.15) is 12.6 Å². The van der Waals surface area contributed by atoms with Crippen molar-refractivity contribution in [3.05, 3.63) is 18.0 Å². The van der Waals surface area contributed by atoms with Crippen LogP contribution in [0.5, 0.6) is 0 Å². The molecule has 0 saturated carbocycles. The Morgan fingerprint density at radius 1 is 1.58 bits per heavy atom. The minimum atomic E-state index is -3.56. The van der Waals surface area contributed by atoms with Crippen molar-refractivity contribution in [2.45, 2.75) is 18.2 Å². The third-order valence-electron chi connectivity index (χ3n) is 1.73. The molecular formula is C7H10ClNO2S. The SMILES string of the molecule is CCc1cc(S(=O)(=O)Cl)cn1C. The predicted molar refractivity (Wildman–Crippen MR) is 47.8 cm³/mol. The van der Waals surface area contributed by atoms with Crippen LogP contribution in [0.15, 0.2) is 17.2 Å². The van der Waals surface area contributed by atoms with Gasteiger partial charge in [-0.2, -0.15) is 0 Å². The second kappa shape index (κ2) is 3.11. The highest BCUT2D eigenvalue weighted by molar-refractivity contribution is 8.13. The van der Waals surface area contributed by atoms with Crippen molar-refractivity contribution in [2.24, 2.45) is 7.05 Å². The summed E-state index contributed by atoms with van der Waals surface area (Å²) in [6, 6.07) is 1.59. The van der Waals surface area contributed by atoms with Gasteiger partial charge in [-0.15, -0.1) is 0 Å². The molecule has 3 nitrogen and oxygen atoms in total. The van der Waals surface area contributed by atoms with E-state index in [1.54, 1.807) is 17.7 Å². The van der Waals surface area contributed by atoms with Crippen molar-refractivity contribution in [1.82, 2.24) is 4.57 Å². The number of rotatable bonds is 2. The van der Waals surface area contributed by atoms with Crippen LogP contribution in [0.4, 0.5) is 0 Å². The molecule has 0 aliphatic rings. The highest BCUT2D eigenvalue weighted by Crippen LogP contribution is 2.17. The monoisotopic (exact) mass is 207 g/mol. The Morgan fingerprint density at radius 2 is 2.17 bits per heavy atom. The van der Waals surface area contributed by atoms with Gasteiger partial charge in [-0.25, -0.2) is 8.42 Å². The molecule has 12 heavy (non-hydrogen) atoms. The van der Waals surface area contributed by atoms with E-state index in [1.165, 1.54) is 6.20 Å². The summed E-state index contributed by atoms with van der Waals surface area (Å²) in [5, 5.41) is 0. The van der Waals surface area contributed by atoms with Gasteiger partial charge < -0.3 is 4.57 Å². The van der Waals surface area contributed by atoms with Gasteiger partial charge in [0.2, 0.25) is 0 Å². The first kappa shape index (κ1) is 9.61. The van der Waals surface area contributed by atoms with Gasteiger partial charge in [0.25, 0.3) is 9.05 Å². The first-order valence-electron chi connectivity index (χ1n) is 3.55. The third-order valence-corrected chi connectivity index (χ3v) is 3.05. The zero-order valence-electron chi connectivity index (χ0n) is 6.91. The lowest BCUT2D eigenvalue weighted by Gasteiger charge is -1.94. The molecule has 0 aromatic carbocycles. The minimum absolute atomic E-state index is 0.170. The average molecular weight is 208 g/mol. The van der Waals surface area contributed by atoms with E-state index in [1.807, 2.05) is 6.92 Å². The summed E-state index contributed by atoms with van der Waals surface area (Å²) in [4.78, 5) is 0.170. The molecule has 0 fully saturated rings. The molecule has 0 spiro atoms. The lowest BCUT2D eigenvalue weighted by Crippen LogP contribution is -1.90. The summed E-state index contributed by atoms with van der Waals surface area (Å²) in [6.07, 6.45) is 2.31. The molecule has 5 heteroatoms. The van der Waals surface area contributed by atoms with Gasteiger partial charge in [-0.3, -0.25) is 0 Å². The van der Waals surface area contributed by atoms with Gasteiger partial charge in [-0.1, -0.05) is 6.92 Å². The average Bonchev–Trinajstić information content (AvgIpc) is 2.29. The standard InChI is InChI=1S/C7H10ClNO2S/c1-3-6-4-7(5-9(6)2)12(8,10)11/h4-5H,3H2,1-2H3. The molecular weight excluding hydrogens is 198 g/mol. The van der Waals surface area contributed by atoms with Crippen molar-refractivity contribution in [3.8, 4) is 0 Å². The Bertz CT molecular complexity index is 380. The van der Waals surface area contributed by atoms with Crippen LogP contribution in [-0.2, 0) is 22.5 Å².